The molecule has 2 atom stereocenters. The molecule has 16 heavy (non-hydrogen) atoms. The fourth-order valence-corrected chi connectivity index (χ4v) is 3.56. The van der Waals surface area contributed by atoms with Gasteiger partial charge in [-0.15, -0.1) is 0 Å². The molecule has 0 bridgehead atoms. The lowest BCUT2D eigenvalue weighted by Crippen LogP contribution is -2.23. The minimum Gasteiger partial charge on any atom is -0.393 e. The van der Waals surface area contributed by atoms with E-state index in [1.807, 2.05) is 16.4 Å². The van der Waals surface area contributed by atoms with Crippen molar-refractivity contribution in [3.05, 3.63) is 11.6 Å². The summed E-state index contributed by atoms with van der Waals surface area (Å²) in [6.45, 7) is 0.823. The van der Waals surface area contributed by atoms with Gasteiger partial charge in [0.15, 0.2) is 5.82 Å². The number of aliphatic hydroxyl groups excluding tert-OH is 1. The van der Waals surface area contributed by atoms with Gasteiger partial charge in [0.25, 0.3) is 0 Å². The molecule has 1 aromatic rings. The summed E-state index contributed by atoms with van der Waals surface area (Å²) in [5.41, 5.74) is 0. The number of thioether (sulfide) groups is 1. The molecule has 0 saturated carbocycles. The molecule has 4 nitrogen and oxygen atoms in total. The highest BCUT2D eigenvalue weighted by Gasteiger charge is 2.25. The summed E-state index contributed by atoms with van der Waals surface area (Å²) in [5.74, 6) is 4.96. The van der Waals surface area contributed by atoms with E-state index in [2.05, 4.69) is 10.1 Å². The number of aromatic nitrogens is 3. The number of hydrogen-bond acceptors (Lipinski definition) is 4. The lowest BCUT2D eigenvalue weighted by Gasteiger charge is -2.17. The predicted molar refractivity (Wildman–Crippen MR) is 63.6 cm³/mol. The van der Waals surface area contributed by atoms with Gasteiger partial charge in [0.2, 0.25) is 0 Å². The van der Waals surface area contributed by atoms with Crippen LogP contribution in [0.4, 0.5) is 0 Å². The summed E-state index contributed by atoms with van der Waals surface area (Å²) >= 11 is 2.01. The van der Waals surface area contributed by atoms with E-state index in [9.17, 15) is 5.11 Å². The van der Waals surface area contributed by atoms with Gasteiger partial charge >= 0.3 is 0 Å². The topological polar surface area (TPSA) is 50.9 Å². The van der Waals surface area contributed by atoms with Gasteiger partial charge in [-0.25, -0.2) is 9.67 Å². The SMILES string of the molecule is OC1CCn2nc(C3CCCSC3)nc2C1. The molecule has 3 heterocycles. The van der Waals surface area contributed by atoms with Gasteiger partial charge in [0, 0.05) is 24.6 Å². The molecule has 0 aliphatic carbocycles. The summed E-state index contributed by atoms with van der Waals surface area (Å²) in [6.07, 6.45) is 3.77. The lowest BCUT2D eigenvalue weighted by atomic mass is 10.1. The Labute approximate surface area is 99.4 Å². The third kappa shape index (κ3) is 1.98. The molecule has 0 amide bonds. The zero-order valence-electron chi connectivity index (χ0n) is 9.30. The van der Waals surface area contributed by atoms with Crippen LogP contribution in [0.1, 0.15) is 36.8 Å². The Morgan fingerprint density at radius 2 is 2.31 bits per heavy atom. The number of nitrogens with zero attached hydrogens (tertiary/aromatic N) is 3. The van der Waals surface area contributed by atoms with Gasteiger partial charge < -0.3 is 5.11 Å². The van der Waals surface area contributed by atoms with Crippen LogP contribution in [0.5, 0.6) is 0 Å². The molecule has 2 unspecified atom stereocenters. The van der Waals surface area contributed by atoms with E-state index in [4.69, 9.17) is 0 Å². The Bertz CT molecular complexity index is 373. The quantitative estimate of drug-likeness (QED) is 0.800. The number of fused-ring (bicyclic) bond motifs is 1. The first kappa shape index (κ1) is 10.6. The maximum atomic E-state index is 9.59. The highest BCUT2D eigenvalue weighted by atomic mass is 32.2. The number of aliphatic hydroxyl groups is 1. The first-order valence-corrected chi connectivity index (χ1v) is 7.18. The molecule has 88 valence electrons. The van der Waals surface area contributed by atoms with Crippen molar-refractivity contribution in [2.45, 2.75) is 44.2 Å². The van der Waals surface area contributed by atoms with Gasteiger partial charge in [0.05, 0.1) is 6.10 Å². The smallest absolute Gasteiger partial charge is 0.154 e. The van der Waals surface area contributed by atoms with E-state index in [1.54, 1.807) is 0 Å². The van der Waals surface area contributed by atoms with Crippen LogP contribution in [0.25, 0.3) is 0 Å². The Hall–Kier alpha value is -0.550. The van der Waals surface area contributed by atoms with Crippen molar-refractivity contribution in [1.29, 1.82) is 0 Å². The molecule has 0 radical (unpaired) electrons. The van der Waals surface area contributed by atoms with Crippen molar-refractivity contribution in [1.82, 2.24) is 14.8 Å². The highest BCUT2D eigenvalue weighted by Crippen LogP contribution is 2.30. The highest BCUT2D eigenvalue weighted by molar-refractivity contribution is 7.99. The van der Waals surface area contributed by atoms with E-state index < -0.39 is 0 Å². The fourth-order valence-electron chi connectivity index (χ4n) is 2.43. The summed E-state index contributed by atoms with van der Waals surface area (Å²) in [5, 5.41) is 14.2. The van der Waals surface area contributed by atoms with Crippen LogP contribution in [0.15, 0.2) is 0 Å². The van der Waals surface area contributed by atoms with E-state index in [0.29, 0.717) is 12.3 Å². The standard InChI is InChI=1S/C11H17N3OS/c15-9-3-4-14-10(6-9)12-11(13-14)8-2-1-5-16-7-8/h8-9,15H,1-7H2. The van der Waals surface area contributed by atoms with E-state index in [1.165, 1.54) is 18.6 Å². The summed E-state index contributed by atoms with van der Waals surface area (Å²) in [6, 6.07) is 0. The van der Waals surface area contributed by atoms with Crippen LogP contribution in [-0.2, 0) is 13.0 Å². The van der Waals surface area contributed by atoms with Crippen molar-refractivity contribution in [3.8, 4) is 0 Å². The van der Waals surface area contributed by atoms with Crippen LogP contribution in [0.2, 0.25) is 0 Å². The van der Waals surface area contributed by atoms with Crippen molar-refractivity contribution in [2.75, 3.05) is 11.5 Å². The summed E-state index contributed by atoms with van der Waals surface area (Å²) in [4.78, 5) is 4.60. The predicted octanol–water partition coefficient (Wildman–Crippen LogP) is 1.20. The Kier molecular flexibility index (Phi) is 2.90. The van der Waals surface area contributed by atoms with Crippen LogP contribution in [-0.4, -0.2) is 37.5 Å². The number of hydrogen-bond donors (Lipinski definition) is 1. The average molecular weight is 239 g/mol. The molecule has 3 rings (SSSR count). The van der Waals surface area contributed by atoms with Crippen LogP contribution in [0.3, 0.4) is 0 Å². The van der Waals surface area contributed by atoms with Crippen LogP contribution < -0.4 is 0 Å². The largest absolute Gasteiger partial charge is 0.393 e. The molecule has 1 saturated heterocycles. The first-order valence-electron chi connectivity index (χ1n) is 6.02. The molecular formula is C11H17N3OS. The molecular weight excluding hydrogens is 222 g/mol. The average Bonchev–Trinajstić information content (AvgIpc) is 2.73. The summed E-state index contributed by atoms with van der Waals surface area (Å²) < 4.78 is 1.99. The monoisotopic (exact) mass is 239 g/mol. The number of rotatable bonds is 1. The fraction of sp³-hybridized carbons (Fsp3) is 0.818. The number of aryl methyl sites for hydroxylation is 1. The molecule has 0 aromatic carbocycles. The zero-order chi connectivity index (χ0) is 11.0. The van der Waals surface area contributed by atoms with Gasteiger partial charge in [-0.05, 0) is 25.0 Å². The normalized spacial score (nSPS) is 30.1. The second-order valence-corrected chi connectivity index (χ2v) is 5.82. The van der Waals surface area contributed by atoms with Gasteiger partial charge in [-0.1, -0.05) is 0 Å². The van der Waals surface area contributed by atoms with Crippen molar-refractivity contribution in [2.24, 2.45) is 0 Å². The second-order valence-electron chi connectivity index (χ2n) is 4.67. The summed E-state index contributed by atoms with van der Waals surface area (Å²) in [7, 11) is 0. The third-order valence-corrected chi connectivity index (χ3v) is 4.60. The minimum atomic E-state index is -0.217. The Morgan fingerprint density at radius 1 is 1.38 bits per heavy atom. The lowest BCUT2D eigenvalue weighted by molar-refractivity contribution is 0.138. The Balaban J connectivity index is 1.80. The van der Waals surface area contributed by atoms with Crippen LogP contribution >= 0.6 is 11.8 Å². The molecule has 2 aliphatic heterocycles. The maximum absolute atomic E-state index is 9.59. The third-order valence-electron chi connectivity index (χ3n) is 3.38. The molecule has 2 aliphatic rings. The van der Waals surface area contributed by atoms with Crippen molar-refractivity contribution in [3.63, 3.8) is 0 Å². The van der Waals surface area contributed by atoms with E-state index in [-0.39, 0.29) is 6.10 Å². The van der Waals surface area contributed by atoms with E-state index in [0.717, 1.165) is 30.4 Å². The van der Waals surface area contributed by atoms with Gasteiger partial charge in [-0.2, -0.15) is 16.9 Å². The zero-order valence-corrected chi connectivity index (χ0v) is 10.1. The van der Waals surface area contributed by atoms with Crippen molar-refractivity contribution >= 4 is 11.8 Å². The molecule has 0 spiro atoms. The van der Waals surface area contributed by atoms with Crippen molar-refractivity contribution < 1.29 is 5.11 Å². The first-order chi connectivity index (χ1) is 7.83. The molecule has 1 aromatic heterocycles. The van der Waals surface area contributed by atoms with Gasteiger partial charge in [0.1, 0.15) is 5.82 Å². The van der Waals surface area contributed by atoms with Gasteiger partial charge in [-0.3, -0.25) is 0 Å². The maximum Gasteiger partial charge on any atom is 0.154 e. The minimum absolute atomic E-state index is 0.217. The Morgan fingerprint density at radius 3 is 3.12 bits per heavy atom. The molecule has 1 N–H and O–H groups in total. The second kappa shape index (κ2) is 4.37. The molecule has 1 fully saturated rings. The van der Waals surface area contributed by atoms with Crippen LogP contribution in [0, 0.1) is 0 Å². The molecule has 5 heteroatoms. The van der Waals surface area contributed by atoms with E-state index >= 15 is 0 Å².